The van der Waals surface area contributed by atoms with Crippen LogP contribution in [0.4, 0.5) is 5.69 Å². The lowest BCUT2D eigenvalue weighted by Crippen LogP contribution is -2.25. The third-order valence-electron chi connectivity index (χ3n) is 2.30. The summed E-state index contributed by atoms with van der Waals surface area (Å²) >= 11 is 5.94. The largest absolute Gasteiger partial charge is 0.495 e. The fraction of sp³-hybridized carbons (Fsp3) is 0.455. The molecule has 14 heavy (non-hydrogen) atoms. The first-order chi connectivity index (χ1) is 6.56. The van der Waals surface area contributed by atoms with Gasteiger partial charge in [-0.1, -0.05) is 11.6 Å². The Morgan fingerprint density at radius 1 is 1.36 bits per heavy atom. The molecule has 0 aliphatic heterocycles. The van der Waals surface area contributed by atoms with E-state index in [1.807, 2.05) is 25.2 Å². The number of nitrogens with zero attached hydrogens (tertiary/aromatic N) is 1. The van der Waals surface area contributed by atoms with Gasteiger partial charge in [-0.2, -0.15) is 0 Å². The van der Waals surface area contributed by atoms with E-state index in [4.69, 9.17) is 16.3 Å². The molecule has 0 fully saturated rings. The van der Waals surface area contributed by atoms with Crippen molar-refractivity contribution in [1.29, 1.82) is 0 Å². The highest BCUT2D eigenvalue weighted by Crippen LogP contribution is 2.31. The predicted molar refractivity (Wildman–Crippen MR) is 61.5 cm³/mol. The number of rotatable bonds is 3. The molecule has 0 saturated heterocycles. The first-order valence-corrected chi connectivity index (χ1v) is 5.00. The standard InChI is InChI=1S/C11H16ClNO/c1-8(2)13(3)10-7-9(12)5-6-11(10)14-4/h5-8H,1-4H3. The first-order valence-electron chi connectivity index (χ1n) is 4.62. The molecule has 2 nitrogen and oxygen atoms in total. The summed E-state index contributed by atoms with van der Waals surface area (Å²) in [5, 5.41) is 0.730. The third kappa shape index (κ3) is 2.32. The molecule has 0 saturated carbocycles. The molecule has 1 rings (SSSR count). The Morgan fingerprint density at radius 2 is 2.00 bits per heavy atom. The number of halogens is 1. The lowest BCUT2D eigenvalue weighted by atomic mass is 10.2. The normalized spacial score (nSPS) is 10.4. The Kier molecular flexibility index (Phi) is 3.64. The lowest BCUT2D eigenvalue weighted by Gasteiger charge is -2.25. The van der Waals surface area contributed by atoms with Gasteiger partial charge in [-0.05, 0) is 32.0 Å². The number of anilines is 1. The Labute approximate surface area is 90.4 Å². The molecule has 0 spiro atoms. The maximum absolute atomic E-state index is 5.94. The van der Waals surface area contributed by atoms with Crippen LogP contribution in [0.15, 0.2) is 18.2 Å². The second kappa shape index (κ2) is 4.56. The highest BCUT2D eigenvalue weighted by Gasteiger charge is 2.10. The molecule has 0 heterocycles. The van der Waals surface area contributed by atoms with Crippen molar-refractivity contribution in [2.24, 2.45) is 0 Å². The van der Waals surface area contributed by atoms with Crippen molar-refractivity contribution in [2.45, 2.75) is 19.9 Å². The van der Waals surface area contributed by atoms with E-state index in [0.717, 1.165) is 16.5 Å². The molecule has 0 bridgehead atoms. The molecule has 0 N–H and O–H groups in total. The summed E-state index contributed by atoms with van der Waals surface area (Å²) in [7, 11) is 3.69. The molecule has 78 valence electrons. The summed E-state index contributed by atoms with van der Waals surface area (Å²) in [6.45, 7) is 4.25. The monoisotopic (exact) mass is 213 g/mol. The number of methoxy groups -OCH3 is 1. The molecule has 0 aromatic heterocycles. The van der Waals surface area contributed by atoms with E-state index >= 15 is 0 Å². The van der Waals surface area contributed by atoms with Crippen LogP contribution in [-0.4, -0.2) is 20.2 Å². The van der Waals surface area contributed by atoms with E-state index in [1.165, 1.54) is 0 Å². The van der Waals surface area contributed by atoms with Crippen molar-refractivity contribution >= 4 is 17.3 Å². The lowest BCUT2D eigenvalue weighted by molar-refractivity contribution is 0.414. The van der Waals surface area contributed by atoms with Crippen LogP contribution < -0.4 is 9.64 Å². The molecule has 0 aliphatic rings. The van der Waals surface area contributed by atoms with Gasteiger partial charge < -0.3 is 9.64 Å². The van der Waals surface area contributed by atoms with Crippen LogP contribution in [0.2, 0.25) is 5.02 Å². The summed E-state index contributed by atoms with van der Waals surface area (Å²) in [6, 6.07) is 6.05. The summed E-state index contributed by atoms with van der Waals surface area (Å²) in [5.41, 5.74) is 1.02. The Morgan fingerprint density at radius 3 is 2.50 bits per heavy atom. The zero-order valence-electron chi connectivity index (χ0n) is 9.04. The van der Waals surface area contributed by atoms with Crippen molar-refractivity contribution < 1.29 is 4.74 Å². The molecule has 0 unspecified atom stereocenters. The maximum atomic E-state index is 5.94. The van der Waals surface area contributed by atoms with E-state index < -0.39 is 0 Å². The van der Waals surface area contributed by atoms with Gasteiger partial charge in [0.15, 0.2) is 0 Å². The van der Waals surface area contributed by atoms with Gasteiger partial charge in [0.1, 0.15) is 5.75 Å². The smallest absolute Gasteiger partial charge is 0.142 e. The molecule has 1 aromatic carbocycles. The zero-order valence-corrected chi connectivity index (χ0v) is 9.80. The fourth-order valence-corrected chi connectivity index (χ4v) is 1.38. The van der Waals surface area contributed by atoms with E-state index in [2.05, 4.69) is 18.7 Å². The van der Waals surface area contributed by atoms with Crippen LogP contribution in [0.5, 0.6) is 5.75 Å². The molecule has 0 aliphatic carbocycles. The molecular formula is C11H16ClNO. The van der Waals surface area contributed by atoms with Gasteiger partial charge in [0.25, 0.3) is 0 Å². The van der Waals surface area contributed by atoms with Crippen LogP contribution in [0, 0.1) is 0 Å². The van der Waals surface area contributed by atoms with Gasteiger partial charge >= 0.3 is 0 Å². The van der Waals surface area contributed by atoms with Gasteiger partial charge in [-0.25, -0.2) is 0 Å². The second-order valence-electron chi connectivity index (χ2n) is 3.52. The van der Waals surface area contributed by atoms with Crippen LogP contribution in [0.3, 0.4) is 0 Å². The number of hydrogen-bond acceptors (Lipinski definition) is 2. The predicted octanol–water partition coefficient (Wildman–Crippen LogP) is 3.19. The minimum absolute atomic E-state index is 0.419. The summed E-state index contributed by atoms with van der Waals surface area (Å²) in [6.07, 6.45) is 0. The van der Waals surface area contributed by atoms with Crippen LogP contribution >= 0.6 is 11.6 Å². The Hall–Kier alpha value is -0.890. The van der Waals surface area contributed by atoms with Crippen molar-refractivity contribution in [2.75, 3.05) is 19.1 Å². The maximum Gasteiger partial charge on any atom is 0.142 e. The highest BCUT2D eigenvalue weighted by atomic mass is 35.5. The van der Waals surface area contributed by atoms with E-state index in [9.17, 15) is 0 Å². The molecule has 0 atom stereocenters. The summed E-state index contributed by atoms with van der Waals surface area (Å²) < 4.78 is 5.27. The molecule has 1 aromatic rings. The van der Waals surface area contributed by atoms with E-state index in [-0.39, 0.29) is 0 Å². The Balaban J connectivity index is 3.10. The van der Waals surface area contributed by atoms with Crippen LogP contribution in [-0.2, 0) is 0 Å². The number of benzene rings is 1. The molecule has 0 radical (unpaired) electrons. The Bertz CT molecular complexity index is 312. The minimum Gasteiger partial charge on any atom is -0.495 e. The van der Waals surface area contributed by atoms with Gasteiger partial charge in [0.2, 0.25) is 0 Å². The second-order valence-corrected chi connectivity index (χ2v) is 3.96. The average Bonchev–Trinajstić information content (AvgIpc) is 2.16. The summed E-state index contributed by atoms with van der Waals surface area (Å²) in [5.74, 6) is 0.852. The van der Waals surface area contributed by atoms with Crippen molar-refractivity contribution in [3.05, 3.63) is 23.2 Å². The quantitative estimate of drug-likeness (QED) is 0.765. The molecule has 3 heteroatoms. The molecule has 0 amide bonds. The third-order valence-corrected chi connectivity index (χ3v) is 2.53. The average molecular weight is 214 g/mol. The number of ether oxygens (including phenoxy) is 1. The fourth-order valence-electron chi connectivity index (χ4n) is 1.22. The van der Waals surface area contributed by atoms with E-state index in [1.54, 1.807) is 7.11 Å². The van der Waals surface area contributed by atoms with Crippen molar-refractivity contribution in [3.63, 3.8) is 0 Å². The zero-order chi connectivity index (χ0) is 10.7. The van der Waals surface area contributed by atoms with Crippen LogP contribution in [0.25, 0.3) is 0 Å². The minimum atomic E-state index is 0.419. The van der Waals surface area contributed by atoms with Crippen molar-refractivity contribution in [3.8, 4) is 5.75 Å². The van der Waals surface area contributed by atoms with E-state index in [0.29, 0.717) is 6.04 Å². The van der Waals surface area contributed by atoms with Crippen molar-refractivity contribution in [1.82, 2.24) is 0 Å². The van der Waals surface area contributed by atoms with Gasteiger partial charge in [-0.15, -0.1) is 0 Å². The van der Waals surface area contributed by atoms with Crippen LogP contribution in [0.1, 0.15) is 13.8 Å². The first kappa shape index (κ1) is 11.2. The molecular weight excluding hydrogens is 198 g/mol. The topological polar surface area (TPSA) is 12.5 Å². The highest BCUT2D eigenvalue weighted by molar-refractivity contribution is 6.30. The van der Waals surface area contributed by atoms with Gasteiger partial charge in [-0.3, -0.25) is 0 Å². The number of hydrogen-bond donors (Lipinski definition) is 0. The summed E-state index contributed by atoms with van der Waals surface area (Å²) in [4.78, 5) is 2.13. The van der Waals surface area contributed by atoms with Gasteiger partial charge in [0, 0.05) is 18.1 Å². The van der Waals surface area contributed by atoms with Gasteiger partial charge in [0.05, 0.1) is 12.8 Å². The SMILES string of the molecule is COc1ccc(Cl)cc1N(C)C(C)C.